The minimum Gasteiger partial charge on any atom is -0.457 e. The molecular formula is C16H18BrNO. The molecule has 3 heteroatoms. The Hall–Kier alpha value is -1.32. The molecule has 0 unspecified atom stereocenters. The number of rotatable bonds is 4. The van der Waals surface area contributed by atoms with E-state index in [4.69, 9.17) is 4.74 Å². The third kappa shape index (κ3) is 3.82. The van der Waals surface area contributed by atoms with Gasteiger partial charge in [0.05, 0.1) is 0 Å². The first-order chi connectivity index (χ1) is 9.08. The van der Waals surface area contributed by atoms with Crippen LogP contribution in [-0.4, -0.2) is 7.05 Å². The molecule has 0 atom stereocenters. The van der Waals surface area contributed by atoms with Crippen LogP contribution in [0, 0.1) is 13.8 Å². The van der Waals surface area contributed by atoms with Crippen molar-refractivity contribution in [2.24, 2.45) is 0 Å². The van der Waals surface area contributed by atoms with Gasteiger partial charge in [-0.1, -0.05) is 28.1 Å². The van der Waals surface area contributed by atoms with E-state index in [1.807, 2.05) is 31.3 Å². The third-order valence-corrected chi connectivity index (χ3v) is 3.56. The Bertz CT molecular complexity index is 561. The quantitative estimate of drug-likeness (QED) is 0.890. The maximum absolute atomic E-state index is 5.90. The maximum Gasteiger partial charge on any atom is 0.128 e. The molecular weight excluding hydrogens is 302 g/mol. The molecule has 0 aliphatic heterocycles. The van der Waals surface area contributed by atoms with Crippen LogP contribution in [0.1, 0.15) is 16.7 Å². The number of hydrogen-bond donors (Lipinski definition) is 1. The molecule has 0 bridgehead atoms. The summed E-state index contributed by atoms with van der Waals surface area (Å²) in [7, 11) is 1.94. The Kier molecular flexibility index (Phi) is 4.61. The van der Waals surface area contributed by atoms with E-state index >= 15 is 0 Å². The molecule has 2 aromatic rings. The van der Waals surface area contributed by atoms with Crippen molar-refractivity contribution in [2.75, 3.05) is 7.05 Å². The first kappa shape index (κ1) is 14.1. The molecule has 0 radical (unpaired) electrons. The van der Waals surface area contributed by atoms with E-state index in [0.717, 1.165) is 22.5 Å². The van der Waals surface area contributed by atoms with E-state index in [9.17, 15) is 0 Å². The minimum absolute atomic E-state index is 0.838. The highest BCUT2D eigenvalue weighted by Crippen LogP contribution is 2.28. The highest BCUT2D eigenvalue weighted by Gasteiger charge is 2.03. The molecule has 100 valence electrons. The summed E-state index contributed by atoms with van der Waals surface area (Å²) in [6, 6.07) is 12.3. The molecule has 19 heavy (non-hydrogen) atoms. The molecule has 0 saturated carbocycles. The summed E-state index contributed by atoms with van der Waals surface area (Å²) in [5.74, 6) is 1.72. The van der Waals surface area contributed by atoms with E-state index in [0.29, 0.717) is 0 Å². The van der Waals surface area contributed by atoms with Gasteiger partial charge in [0.15, 0.2) is 0 Å². The normalized spacial score (nSPS) is 10.5. The van der Waals surface area contributed by atoms with Gasteiger partial charge in [-0.15, -0.1) is 0 Å². The van der Waals surface area contributed by atoms with Gasteiger partial charge in [-0.2, -0.15) is 0 Å². The molecule has 1 N–H and O–H groups in total. The van der Waals surface area contributed by atoms with Crippen LogP contribution < -0.4 is 10.1 Å². The number of benzene rings is 2. The molecule has 0 aliphatic carbocycles. The molecule has 2 aromatic carbocycles. The van der Waals surface area contributed by atoms with Crippen molar-refractivity contribution >= 4 is 15.9 Å². The van der Waals surface area contributed by atoms with Crippen molar-refractivity contribution in [3.8, 4) is 11.5 Å². The summed E-state index contributed by atoms with van der Waals surface area (Å²) >= 11 is 3.57. The first-order valence-corrected chi connectivity index (χ1v) is 7.07. The largest absolute Gasteiger partial charge is 0.457 e. The Morgan fingerprint density at radius 3 is 2.26 bits per heavy atom. The van der Waals surface area contributed by atoms with E-state index in [-0.39, 0.29) is 0 Å². The van der Waals surface area contributed by atoms with Crippen molar-refractivity contribution in [1.82, 2.24) is 5.32 Å². The van der Waals surface area contributed by atoms with Crippen LogP contribution in [0.25, 0.3) is 0 Å². The van der Waals surface area contributed by atoms with Crippen LogP contribution in [0.3, 0.4) is 0 Å². The molecule has 0 heterocycles. The molecule has 0 aliphatic rings. The molecule has 2 rings (SSSR count). The predicted molar refractivity (Wildman–Crippen MR) is 82.9 cm³/mol. The van der Waals surface area contributed by atoms with Gasteiger partial charge in [0.1, 0.15) is 11.5 Å². The maximum atomic E-state index is 5.90. The molecule has 0 aromatic heterocycles. The van der Waals surface area contributed by atoms with Gasteiger partial charge >= 0.3 is 0 Å². The number of aryl methyl sites for hydroxylation is 2. The minimum atomic E-state index is 0.838. The van der Waals surface area contributed by atoms with Gasteiger partial charge in [0, 0.05) is 11.0 Å². The molecule has 0 fully saturated rings. The van der Waals surface area contributed by atoms with Crippen LogP contribution in [0.4, 0.5) is 0 Å². The molecule has 2 nitrogen and oxygen atoms in total. The fourth-order valence-electron chi connectivity index (χ4n) is 2.05. The second-order valence-corrected chi connectivity index (χ2v) is 5.56. The summed E-state index contributed by atoms with van der Waals surface area (Å²) in [5, 5.41) is 3.14. The summed E-state index contributed by atoms with van der Waals surface area (Å²) < 4.78 is 6.96. The monoisotopic (exact) mass is 319 g/mol. The highest BCUT2D eigenvalue weighted by molar-refractivity contribution is 9.10. The Labute approximate surface area is 122 Å². The zero-order chi connectivity index (χ0) is 13.8. The number of ether oxygens (including phenoxy) is 1. The second-order valence-electron chi connectivity index (χ2n) is 4.71. The number of nitrogens with one attached hydrogen (secondary N) is 1. The lowest BCUT2D eigenvalue weighted by molar-refractivity contribution is 0.481. The SMILES string of the molecule is CNCc1ccc(Oc2cc(C)cc(C)c2)cc1Br. The average Bonchev–Trinajstić information content (AvgIpc) is 2.31. The zero-order valence-corrected chi connectivity index (χ0v) is 13.0. The fourth-order valence-corrected chi connectivity index (χ4v) is 2.55. The predicted octanol–water partition coefficient (Wildman–Crippen LogP) is 4.58. The van der Waals surface area contributed by atoms with Gasteiger partial charge in [-0.25, -0.2) is 0 Å². The van der Waals surface area contributed by atoms with Crippen LogP contribution in [0.5, 0.6) is 11.5 Å². The summed E-state index contributed by atoms with van der Waals surface area (Å²) in [4.78, 5) is 0. The Morgan fingerprint density at radius 2 is 1.68 bits per heavy atom. The van der Waals surface area contributed by atoms with Crippen molar-refractivity contribution in [3.63, 3.8) is 0 Å². The number of halogens is 1. The summed E-state index contributed by atoms with van der Waals surface area (Å²) in [6.45, 7) is 4.99. The number of hydrogen-bond acceptors (Lipinski definition) is 2. The van der Waals surface area contributed by atoms with E-state index in [1.54, 1.807) is 0 Å². The van der Waals surface area contributed by atoms with E-state index < -0.39 is 0 Å². The smallest absolute Gasteiger partial charge is 0.128 e. The highest BCUT2D eigenvalue weighted by atomic mass is 79.9. The van der Waals surface area contributed by atoms with Crippen molar-refractivity contribution < 1.29 is 4.74 Å². The molecule has 0 saturated heterocycles. The fraction of sp³-hybridized carbons (Fsp3) is 0.250. The first-order valence-electron chi connectivity index (χ1n) is 6.27. The van der Waals surface area contributed by atoms with Crippen LogP contribution in [-0.2, 0) is 6.54 Å². The lowest BCUT2D eigenvalue weighted by atomic mass is 10.1. The van der Waals surface area contributed by atoms with E-state index in [2.05, 4.69) is 47.2 Å². The lowest BCUT2D eigenvalue weighted by Gasteiger charge is -2.10. The van der Waals surface area contributed by atoms with Gasteiger partial charge < -0.3 is 10.1 Å². The molecule has 0 spiro atoms. The Balaban J connectivity index is 2.21. The third-order valence-electron chi connectivity index (χ3n) is 2.82. The van der Waals surface area contributed by atoms with Crippen molar-refractivity contribution in [2.45, 2.75) is 20.4 Å². The summed E-state index contributed by atoms with van der Waals surface area (Å²) in [5.41, 5.74) is 3.64. The van der Waals surface area contributed by atoms with Gasteiger partial charge in [0.2, 0.25) is 0 Å². The van der Waals surface area contributed by atoms with Crippen molar-refractivity contribution in [3.05, 3.63) is 57.6 Å². The average molecular weight is 320 g/mol. The Morgan fingerprint density at radius 1 is 1.00 bits per heavy atom. The molecule has 0 amide bonds. The van der Waals surface area contributed by atoms with E-state index in [1.165, 1.54) is 16.7 Å². The van der Waals surface area contributed by atoms with Gasteiger partial charge in [0.25, 0.3) is 0 Å². The van der Waals surface area contributed by atoms with Crippen LogP contribution in [0.2, 0.25) is 0 Å². The van der Waals surface area contributed by atoms with Crippen LogP contribution in [0.15, 0.2) is 40.9 Å². The summed E-state index contributed by atoms with van der Waals surface area (Å²) in [6.07, 6.45) is 0. The topological polar surface area (TPSA) is 21.3 Å². The van der Waals surface area contributed by atoms with Crippen molar-refractivity contribution in [1.29, 1.82) is 0 Å². The van der Waals surface area contributed by atoms with Gasteiger partial charge in [-0.3, -0.25) is 0 Å². The zero-order valence-electron chi connectivity index (χ0n) is 11.5. The second kappa shape index (κ2) is 6.22. The standard InChI is InChI=1S/C16H18BrNO/c1-11-6-12(2)8-15(7-11)19-14-5-4-13(10-18-3)16(17)9-14/h4-9,18H,10H2,1-3H3. The lowest BCUT2D eigenvalue weighted by Crippen LogP contribution is -2.05. The van der Waals surface area contributed by atoms with Gasteiger partial charge in [-0.05, 0) is 61.9 Å². The van der Waals surface area contributed by atoms with Crippen LogP contribution >= 0.6 is 15.9 Å².